The van der Waals surface area contributed by atoms with Gasteiger partial charge in [0.1, 0.15) is 5.92 Å². The van der Waals surface area contributed by atoms with Gasteiger partial charge in [-0.3, -0.25) is 4.79 Å². The van der Waals surface area contributed by atoms with Gasteiger partial charge in [-0.2, -0.15) is 5.26 Å². The van der Waals surface area contributed by atoms with Gasteiger partial charge < -0.3 is 4.74 Å². The lowest BCUT2D eigenvalue weighted by atomic mass is 9.93. The third kappa shape index (κ3) is 2.58. The van der Waals surface area contributed by atoms with Crippen LogP contribution in [0.4, 0.5) is 0 Å². The first-order valence-electron chi connectivity index (χ1n) is 3.64. The maximum Gasteiger partial charge on any atom is 0.323 e. The molecule has 0 N–H and O–H groups in total. The van der Waals surface area contributed by atoms with Crippen LogP contribution in [-0.4, -0.2) is 13.1 Å². The smallest absolute Gasteiger partial charge is 0.323 e. The first-order valence-corrected chi connectivity index (χ1v) is 3.64. The highest BCUT2D eigenvalue weighted by atomic mass is 16.5. The number of rotatable bonds is 3. The van der Waals surface area contributed by atoms with Gasteiger partial charge in [-0.15, -0.1) is 0 Å². The zero-order valence-electron chi connectivity index (χ0n) is 7.13. The lowest BCUT2D eigenvalue weighted by Crippen LogP contribution is -2.21. The van der Waals surface area contributed by atoms with E-state index in [-0.39, 0.29) is 5.92 Å². The Morgan fingerprint density at radius 2 is 2.27 bits per heavy atom. The SMILES string of the molecule is CCC(C)[C@H](C#N)C(=O)OC. The Kier molecular flexibility index (Phi) is 4.28. The Morgan fingerprint density at radius 1 is 1.73 bits per heavy atom. The molecule has 62 valence electrons. The van der Waals surface area contributed by atoms with E-state index in [9.17, 15) is 4.79 Å². The predicted molar refractivity (Wildman–Crippen MR) is 40.6 cm³/mol. The van der Waals surface area contributed by atoms with Crippen molar-refractivity contribution in [2.24, 2.45) is 11.8 Å². The van der Waals surface area contributed by atoms with Crippen molar-refractivity contribution >= 4 is 5.97 Å². The van der Waals surface area contributed by atoms with Crippen molar-refractivity contribution in [3.05, 3.63) is 0 Å². The molecule has 0 amide bonds. The van der Waals surface area contributed by atoms with Crippen molar-refractivity contribution in [1.29, 1.82) is 5.26 Å². The number of methoxy groups -OCH3 is 1. The average molecular weight is 155 g/mol. The van der Waals surface area contributed by atoms with Crippen molar-refractivity contribution in [2.75, 3.05) is 7.11 Å². The number of esters is 1. The van der Waals surface area contributed by atoms with Crippen LogP contribution in [0.2, 0.25) is 0 Å². The van der Waals surface area contributed by atoms with Crippen molar-refractivity contribution < 1.29 is 9.53 Å². The molecule has 0 aromatic heterocycles. The summed E-state index contributed by atoms with van der Waals surface area (Å²) in [5.74, 6) is -0.959. The molecule has 0 fully saturated rings. The molecule has 3 nitrogen and oxygen atoms in total. The van der Waals surface area contributed by atoms with E-state index in [2.05, 4.69) is 4.74 Å². The molecule has 0 spiro atoms. The molecule has 0 aromatic carbocycles. The minimum absolute atomic E-state index is 0.0763. The molecule has 0 aliphatic heterocycles. The number of hydrogen-bond donors (Lipinski definition) is 0. The normalized spacial score (nSPS) is 14.7. The summed E-state index contributed by atoms with van der Waals surface area (Å²) < 4.78 is 4.46. The Balaban J connectivity index is 4.18. The van der Waals surface area contributed by atoms with Crippen molar-refractivity contribution in [1.82, 2.24) is 0 Å². The summed E-state index contributed by atoms with van der Waals surface area (Å²) in [7, 11) is 1.30. The lowest BCUT2D eigenvalue weighted by molar-refractivity contribution is -0.144. The maximum absolute atomic E-state index is 10.9. The minimum atomic E-state index is -0.606. The highest BCUT2D eigenvalue weighted by Crippen LogP contribution is 2.15. The summed E-state index contributed by atoms with van der Waals surface area (Å²) in [5.41, 5.74) is 0. The molecule has 0 rings (SSSR count). The first kappa shape index (κ1) is 9.96. The Labute approximate surface area is 67.0 Å². The zero-order chi connectivity index (χ0) is 8.85. The van der Waals surface area contributed by atoms with Crippen molar-refractivity contribution in [2.45, 2.75) is 20.3 Å². The van der Waals surface area contributed by atoms with Gasteiger partial charge in [-0.1, -0.05) is 20.3 Å². The van der Waals surface area contributed by atoms with E-state index in [0.29, 0.717) is 0 Å². The van der Waals surface area contributed by atoms with Crippen molar-refractivity contribution in [3.63, 3.8) is 0 Å². The van der Waals surface area contributed by atoms with Crippen LogP contribution in [-0.2, 0) is 9.53 Å². The van der Waals surface area contributed by atoms with E-state index in [1.54, 1.807) is 0 Å². The molecule has 0 saturated carbocycles. The molecule has 0 aliphatic rings. The fourth-order valence-electron chi connectivity index (χ4n) is 0.775. The zero-order valence-corrected chi connectivity index (χ0v) is 7.13. The summed E-state index contributed by atoms with van der Waals surface area (Å²) in [6.07, 6.45) is 0.813. The summed E-state index contributed by atoms with van der Waals surface area (Å²) in [5, 5.41) is 8.58. The van der Waals surface area contributed by atoms with Crippen LogP contribution in [0.15, 0.2) is 0 Å². The van der Waals surface area contributed by atoms with Crippen molar-refractivity contribution in [3.8, 4) is 6.07 Å². The van der Waals surface area contributed by atoms with Gasteiger partial charge in [0.15, 0.2) is 0 Å². The molecule has 0 aliphatic carbocycles. The highest BCUT2D eigenvalue weighted by molar-refractivity contribution is 5.75. The topological polar surface area (TPSA) is 50.1 Å². The standard InChI is InChI=1S/C8H13NO2/c1-4-6(2)7(5-9)8(10)11-3/h6-7H,4H2,1-3H3/t6?,7-/m0/s1. The molecule has 0 aromatic rings. The third-order valence-electron chi connectivity index (χ3n) is 1.81. The number of carbonyl (C=O) groups excluding carboxylic acids is 1. The minimum Gasteiger partial charge on any atom is -0.468 e. The van der Waals surface area contributed by atoms with E-state index in [1.807, 2.05) is 19.9 Å². The molecule has 0 radical (unpaired) electrons. The summed E-state index contributed by atoms with van der Waals surface area (Å²) in [6.45, 7) is 3.81. The molecular weight excluding hydrogens is 142 g/mol. The van der Waals surface area contributed by atoms with Crippen LogP contribution < -0.4 is 0 Å². The molecular formula is C8H13NO2. The second-order valence-electron chi connectivity index (χ2n) is 2.52. The predicted octanol–water partition coefficient (Wildman–Crippen LogP) is 1.35. The maximum atomic E-state index is 10.9. The number of ether oxygens (including phenoxy) is 1. The van der Waals surface area contributed by atoms with Gasteiger partial charge >= 0.3 is 5.97 Å². The van der Waals surface area contributed by atoms with Gasteiger partial charge in [0.2, 0.25) is 0 Å². The lowest BCUT2D eigenvalue weighted by Gasteiger charge is -2.12. The first-order chi connectivity index (χ1) is 5.17. The van der Waals surface area contributed by atoms with Gasteiger partial charge in [-0.25, -0.2) is 0 Å². The van der Waals surface area contributed by atoms with Crippen LogP contribution >= 0.6 is 0 Å². The fraction of sp³-hybridized carbons (Fsp3) is 0.750. The molecule has 3 heteroatoms. The molecule has 0 bridgehead atoms. The molecule has 0 heterocycles. The summed E-state index contributed by atoms with van der Waals surface area (Å²) in [6, 6.07) is 1.93. The number of carbonyl (C=O) groups is 1. The van der Waals surface area contributed by atoms with Crippen LogP contribution in [0.5, 0.6) is 0 Å². The van der Waals surface area contributed by atoms with Crippen LogP contribution in [0.25, 0.3) is 0 Å². The largest absolute Gasteiger partial charge is 0.468 e. The van der Waals surface area contributed by atoms with E-state index in [0.717, 1.165) is 6.42 Å². The molecule has 2 atom stereocenters. The van der Waals surface area contributed by atoms with Crippen LogP contribution in [0, 0.1) is 23.2 Å². The van der Waals surface area contributed by atoms with Gasteiger partial charge in [-0.05, 0) is 5.92 Å². The van der Waals surface area contributed by atoms with E-state index >= 15 is 0 Å². The Morgan fingerprint density at radius 3 is 2.55 bits per heavy atom. The highest BCUT2D eigenvalue weighted by Gasteiger charge is 2.23. The quantitative estimate of drug-likeness (QED) is 0.578. The molecule has 1 unspecified atom stereocenters. The number of hydrogen-bond acceptors (Lipinski definition) is 3. The second kappa shape index (κ2) is 4.73. The molecule has 11 heavy (non-hydrogen) atoms. The summed E-state index contributed by atoms with van der Waals surface area (Å²) >= 11 is 0. The van der Waals surface area contributed by atoms with E-state index in [1.165, 1.54) is 7.11 Å². The van der Waals surface area contributed by atoms with Gasteiger partial charge in [0, 0.05) is 0 Å². The Hall–Kier alpha value is -1.04. The number of nitrogens with zero attached hydrogens (tertiary/aromatic N) is 1. The number of nitriles is 1. The second-order valence-corrected chi connectivity index (χ2v) is 2.52. The monoisotopic (exact) mass is 155 g/mol. The van der Waals surface area contributed by atoms with Gasteiger partial charge in [0.25, 0.3) is 0 Å². The van der Waals surface area contributed by atoms with Crippen LogP contribution in [0.3, 0.4) is 0 Å². The van der Waals surface area contributed by atoms with Crippen LogP contribution in [0.1, 0.15) is 20.3 Å². The third-order valence-corrected chi connectivity index (χ3v) is 1.81. The van der Waals surface area contributed by atoms with E-state index in [4.69, 9.17) is 5.26 Å². The Bertz CT molecular complexity index is 171. The average Bonchev–Trinajstić information content (AvgIpc) is 2.05. The summed E-state index contributed by atoms with van der Waals surface area (Å²) in [4.78, 5) is 10.9. The van der Waals surface area contributed by atoms with E-state index < -0.39 is 11.9 Å². The fourth-order valence-corrected chi connectivity index (χ4v) is 0.775. The van der Waals surface area contributed by atoms with Gasteiger partial charge in [0.05, 0.1) is 13.2 Å². The molecule has 0 saturated heterocycles.